The summed E-state index contributed by atoms with van der Waals surface area (Å²) in [7, 11) is 5.55. The van der Waals surface area contributed by atoms with Crippen LogP contribution in [0, 0.1) is 11.3 Å². The SMILES string of the molecule is CCOc1cc([C@H](C)N2C[C@]3(CC3(F)F)c3c(CN(C)C)cc(Cn4ccnc4NC)cc3C2=O)ncc1C#N. The number of halogens is 2. The second-order valence-corrected chi connectivity index (χ2v) is 10.8. The van der Waals surface area contributed by atoms with E-state index >= 15 is 8.78 Å². The van der Waals surface area contributed by atoms with Crippen LogP contribution in [0.5, 0.6) is 5.75 Å². The molecule has 11 heteroatoms. The molecular formula is C29H33F2N7O2. The second-order valence-electron chi connectivity index (χ2n) is 10.8. The monoisotopic (exact) mass is 549 g/mol. The van der Waals surface area contributed by atoms with Crippen LogP contribution >= 0.6 is 0 Å². The summed E-state index contributed by atoms with van der Waals surface area (Å²) in [6.45, 7) is 4.66. The summed E-state index contributed by atoms with van der Waals surface area (Å²) in [5.74, 6) is -2.24. The molecule has 1 N–H and O–H groups in total. The molecule has 3 heterocycles. The average molecular weight is 550 g/mol. The quantitative estimate of drug-likeness (QED) is 0.427. The Hall–Kier alpha value is -4.04. The van der Waals surface area contributed by atoms with Crippen molar-refractivity contribution in [3.05, 3.63) is 70.3 Å². The Morgan fingerprint density at radius 2 is 2.02 bits per heavy atom. The molecule has 0 radical (unpaired) electrons. The second kappa shape index (κ2) is 10.2. The fourth-order valence-electron chi connectivity index (χ4n) is 5.81. The van der Waals surface area contributed by atoms with Gasteiger partial charge in [-0.15, -0.1) is 0 Å². The standard InChI is InChI=1S/C29H33F2N7O2/c1-6-40-24-11-23(35-13-21(24)12-32)18(2)38-17-28(16-29(28,30)31)25-20(15-36(4)5)9-19(10-22(25)26(38)39)14-37-8-7-34-27(37)33-3/h7-11,13,18H,6,14-17H2,1-5H3,(H,33,34)/t18-,28+/m0/s1. The lowest BCUT2D eigenvalue weighted by atomic mass is 9.80. The van der Waals surface area contributed by atoms with E-state index in [0.29, 0.717) is 48.2 Å². The Balaban J connectivity index is 1.61. The molecule has 1 fully saturated rings. The number of rotatable bonds is 9. The normalized spacial score (nSPS) is 19.9. The number of nitriles is 1. The van der Waals surface area contributed by atoms with Crippen molar-refractivity contribution in [3.63, 3.8) is 0 Å². The van der Waals surface area contributed by atoms with E-state index in [1.807, 2.05) is 35.8 Å². The molecule has 0 saturated heterocycles. The molecule has 2 aliphatic rings. The highest BCUT2D eigenvalue weighted by atomic mass is 19.3. The van der Waals surface area contributed by atoms with Crippen LogP contribution < -0.4 is 10.1 Å². The molecule has 9 nitrogen and oxygen atoms in total. The number of anilines is 1. The molecule has 3 aromatic rings. The molecule has 5 rings (SSSR count). The minimum absolute atomic E-state index is 0.121. The van der Waals surface area contributed by atoms with Crippen LogP contribution in [0.1, 0.15) is 64.6 Å². The summed E-state index contributed by atoms with van der Waals surface area (Å²) in [5, 5.41) is 12.5. The molecule has 40 heavy (non-hydrogen) atoms. The number of amides is 1. The van der Waals surface area contributed by atoms with Gasteiger partial charge in [-0.2, -0.15) is 5.26 Å². The van der Waals surface area contributed by atoms with Gasteiger partial charge in [0.05, 0.1) is 30.3 Å². The van der Waals surface area contributed by atoms with Gasteiger partial charge in [-0.1, -0.05) is 6.07 Å². The minimum atomic E-state index is -2.94. The van der Waals surface area contributed by atoms with Crippen molar-refractivity contribution in [1.82, 2.24) is 24.3 Å². The van der Waals surface area contributed by atoms with Gasteiger partial charge >= 0.3 is 0 Å². The van der Waals surface area contributed by atoms with Gasteiger partial charge in [0.2, 0.25) is 5.95 Å². The highest BCUT2D eigenvalue weighted by molar-refractivity contribution is 5.99. The van der Waals surface area contributed by atoms with Crippen LogP contribution in [-0.4, -0.2) is 70.5 Å². The van der Waals surface area contributed by atoms with E-state index in [4.69, 9.17) is 4.74 Å². The number of nitrogens with zero attached hydrogens (tertiary/aromatic N) is 6. The van der Waals surface area contributed by atoms with E-state index in [1.54, 1.807) is 39.2 Å². The van der Waals surface area contributed by atoms with E-state index in [9.17, 15) is 10.1 Å². The van der Waals surface area contributed by atoms with Gasteiger partial charge in [0.25, 0.3) is 11.8 Å². The van der Waals surface area contributed by atoms with Gasteiger partial charge in [-0.25, -0.2) is 13.8 Å². The maximum Gasteiger partial charge on any atom is 0.260 e. The van der Waals surface area contributed by atoms with Crippen molar-refractivity contribution < 1.29 is 18.3 Å². The number of pyridine rings is 1. The van der Waals surface area contributed by atoms with E-state index < -0.39 is 17.4 Å². The molecule has 1 aliphatic heterocycles. The Labute approximate surface area is 232 Å². The fourth-order valence-corrected chi connectivity index (χ4v) is 5.81. The van der Waals surface area contributed by atoms with Crippen molar-refractivity contribution in [2.45, 2.75) is 50.7 Å². The third-order valence-corrected chi connectivity index (χ3v) is 7.77. The molecule has 2 aromatic heterocycles. The van der Waals surface area contributed by atoms with Crippen LogP contribution in [0.15, 0.2) is 36.8 Å². The first-order valence-electron chi connectivity index (χ1n) is 13.3. The zero-order chi connectivity index (χ0) is 28.8. The number of benzene rings is 1. The topological polar surface area (TPSA) is 99.3 Å². The van der Waals surface area contributed by atoms with E-state index in [1.165, 1.54) is 11.1 Å². The number of hydrogen-bond acceptors (Lipinski definition) is 7. The van der Waals surface area contributed by atoms with Gasteiger partial charge in [0.1, 0.15) is 17.4 Å². The smallest absolute Gasteiger partial charge is 0.260 e. The van der Waals surface area contributed by atoms with Gasteiger partial charge in [-0.05, 0) is 50.7 Å². The Morgan fingerprint density at radius 3 is 2.65 bits per heavy atom. The molecule has 0 unspecified atom stereocenters. The third kappa shape index (κ3) is 4.56. The van der Waals surface area contributed by atoms with Crippen LogP contribution in [0.3, 0.4) is 0 Å². The minimum Gasteiger partial charge on any atom is -0.492 e. The van der Waals surface area contributed by atoms with Crippen molar-refractivity contribution >= 4 is 11.9 Å². The van der Waals surface area contributed by atoms with Crippen molar-refractivity contribution in [2.75, 3.05) is 39.6 Å². The van der Waals surface area contributed by atoms with Gasteiger partial charge in [0, 0.05) is 56.8 Å². The van der Waals surface area contributed by atoms with Crippen molar-refractivity contribution in [2.24, 2.45) is 0 Å². The maximum atomic E-state index is 15.4. The number of nitrogens with one attached hydrogen (secondary N) is 1. The summed E-state index contributed by atoms with van der Waals surface area (Å²) < 4.78 is 38.2. The summed E-state index contributed by atoms with van der Waals surface area (Å²) in [6, 6.07) is 6.75. The van der Waals surface area contributed by atoms with Crippen molar-refractivity contribution in [1.29, 1.82) is 5.26 Å². The Kier molecular flexibility index (Phi) is 7.00. The van der Waals surface area contributed by atoms with E-state index in [-0.39, 0.29) is 24.4 Å². The zero-order valence-electron chi connectivity index (χ0n) is 23.3. The maximum absolute atomic E-state index is 15.4. The summed E-state index contributed by atoms with van der Waals surface area (Å²) in [5.41, 5.74) is 1.59. The van der Waals surface area contributed by atoms with E-state index in [0.717, 1.165) is 11.1 Å². The lowest BCUT2D eigenvalue weighted by Crippen LogP contribution is -2.47. The van der Waals surface area contributed by atoms with E-state index in [2.05, 4.69) is 21.4 Å². The van der Waals surface area contributed by atoms with Gasteiger partial charge in [-0.3, -0.25) is 9.78 Å². The molecule has 1 spiro atoms. The van der Waals surface area contributed by atoms with Gasteiger partial charge < -0.3 is 24.4 Å². The number of carbonyl (C=O) groups is 1. The number of aromatic nitrogens is 3. The third-order valence-electron chi connectivity index (χ3n) is 7.77. The number of fused-ring (bicyclic) bond motifs is 2. The first kappa shape index (κ1) is 27.5. The fraction of sp³-hybridized carbons (Fsp3) is 0.448. The molecule has 1 saturated carbocycles. The number of hydrogen-bond donors (Lipinski definition) is 1. The predicted octanol–water partition coefficient (Wildman–Crippen LogP) is 4.19. The number of alkyl halides is 2. The first-order valence-corrected chi connectivity index (χ1v) is 13.3. The lowest BCUT2D eigenvalue weighted by Gasteiger charge is -2.40. The molecule has 1 aliphatic carbocycles. The van der Waals surface area contributed by atoms with Crippen LogP contribution in [0.25, 0.3) is 0 Å². The molecule has 210 valence electrons. The van der Waals surface area contributed by atoms with Crippen LogP contribution in [0.4, 0.5) is 14.7 Å². The highest BCUT2D eigenvalue weighted by Crippen LogP contribution is 2.65. The molecule has 1 aromatic carbocycles. The molecule has 0 bridgehead atoms. The summed E-state index contributed by atoms with van der Waals surface area (Å²) in [6.07, 6.45) is 4.59. The Bertz CT molecular complexity index is 1500. The average Bonchev–Trinajstić information content (AvgIpc) is 3.20. The summed E-state index contributed by atoms with van der Waals surface area (Å²) in [4.78, 5) is 26.2. The van der Waals surface area contributed by atoms with Crippen LogP contribution in [-0.2, 0) is 18.5 Å². The molecule has 2 atom stereocenters. The summed E-state index contributed by atoms with van der Waals surface area (Å²) >= 11 is 0. The molecular weight excluding hydrogens is 516 g/mol. The van der Waals surface area contributed by atoms with Crippen molar-refractivity contribution in [3.8, 4) is 11.8 Å². The predicted molar refractivity (Wildman–Crippen MR) is 146 cm³/mol. The van der Waals surface area contributed by atoms with Gasteiger partial charge in [0.15, 0.2) is 0 Å². The number of imidazole rings is 1. The van der Waals surface area contributed by atoms with Crippen LogP contribution in [0.2, 0.25) is 0 Å². The zero-order valence-corrected chi connectivity index (χ0v) is 23.3. The highest BCUT2D eigenvalue weighted by Gasteiger charge is 2.75. The molecule has 1 amide bonds. The Morgan fingerprint density at radius 1 is 1.27 bits per heavy atom. The largest absolute Gasteiger partial charge is 0.492 e. The number of ether oxygens (including phenoxy) is 1. The lowest BCUT2D eigenvalue weighted by molar-refractivity contribution is 0.0450. The number of carbonyl (C=O) groups excluding carboxylic acids is 1. The first-order chi connectivity index (χ1) is 19.0.